The molecule has 3 aromatic rings. The Hall–Kier alpha value is -3.30. The molecule has 1 heterocycles. The van der Waals surface area contributed by atoms with Crippen molar-refractivity contribution in [1.82, 2.24) is 14.9 Å². The second kappa shape index (κ2) is 10.3. The number of amides is 1. The summed E-state index contributed by atoms with van der Waals surface area (Å²) in [5, 5.41) is 10.1. The standard InChI is InChI=1S/C23H23FN4O3S/c1-14(28(13-30)12-16-11-26-15(2)27-22(16)25)21(9-10-29)32-23(31)19-7-8-20(24)18-6-4-3-5-17(18)19/h3-8,11,13,29H,9-10,12H2,1-2H3,(H2,25,26,27)/b21-14-. The van der Waals surface area contributed by atoms with E-state index >= 15 is 0 Å². The van der Waals surface area contributed by atoms with Gasteiger partial charge in [0.15, 0.2) is 0 Å². The molecule has 0 aliphatic heterocycles. The Labute approximate surface area is 189 Å². The highest BCUT2D eigenvalue weighted by molar-refractivity contribution is 8.17. The molecule has 3 N–H and O–H groups in total. The molecule has 0 bridgehead atoms. The fraction of sp³-hybridized carbons (Fsp3) is 0.217. The molecule has 0 aliphatic carbocycles. The molecule has 0 unspecified atom stereocenters. The molecule has 0 atom stereocenters. The van der Waals surface area contributed by atoms with E-state index in [-0.39, 0.29) is 30.5 Å². The number of rotatable bonds is 8. The van der Waals surface area contributed by atoms with Crippen molar-refractivity contribution in [2.45, 2.75) is 26.8 Å². The smallest absolute Gasteiger partial charge is 0.224 e. The van der Waals surface area contributed by atoms with Crippen LogP contribution in [0, 0.1) is 12.7 Å². The van der Waals surface area contributed by atoms with Crippen molar-refractivity contribution in [2.75, 3.05) is 12.3 Å². The van der Waals surface area contributed by atoms with Crippen molar-refractivity contribution in [3.8, 4) is 0 Å². The number of benzene rings is 2. The molecule has 2 aromatic carbocycles. The summed E-state index contributed by atoms with van der Waals surface area (Å²) in [4.78, 5) is 35.0. The van der Waals surface area contributed by atoms with Gasteiger partial charge in [-0.2, -0.15) is 0 Å². The SMILES string of the molecule is C/C(=C(\CCO)SC(=O)c1ccc(F)c2ccccc12)N(C=O)Cc1cnc(C)nc1N. The van der Waals surface area contributed by atoms with Gasteiger partial charge in [-0.1, -0.05) is 24.3 Å². The Morgan fingerprint density at radius 2 is 1.97 bits per heavy atom. The second-order valence-electron chi connectivity index (χ2n) is 7.07. The van der Waals surface area contributed by atoms with Crippen LogP contribution in [0.15, 0.2) is 53.2 Å². The Bertz CT molecular complexity index is 1200. The first kappa shape index (κ1) is 23.4. The lowest BCUT2D eigenvalue weighted by molar-refractivity contribution is -0.116. The maximum Gasteiger partial charge on any atom is 0.224 e. The molecule has 32 heavy (non-hydrogen) atoms. The number of anilines is 1. The van der Waals surface area contributed by atoms with Crippen LogP contribution < -0.4 is 5.73 Å². The molecule has 3 rings (SSSR count). The number of fused-ring (bicyclic) bond motifs is 1. The van der Waals surface area contributed by atoms with Crippen LogP contribution in [0.5, 0.6) is 0 Å². The summed E-state index contributed by atoms with van der Waals surface area (Å²) >= 11 is 0.907. The van der Waals surface area contributed by atoms with Gasteiger partial charge in [-0.3, -0.25) is 9.59 Å². The van der Waals surface area contributed by atoms with E-state index < -0.39 is 5.82 Å². The maximum atomic E-state index is 14.1. The molecule has 0 radical (unpaired) electrons. The van der Waals surface area contributed by atoms with Gasteiger partial charge in [0.2, 0.25) is 11.5 Å². The summed E-state index contributed by atoms with van der Waals surface area (Å²) in [5.41, 5.74) is 7.35. The number of aryl methyl sites for hydroxylation is 1. The molecule has 1 amide bonds. The Morgan fingerprint density at radius 1 is 1.25 bits per heavy atom. The normalized spacial score (nSPS) is 11.9. The summed E-state index contributed by atoms with van der Waals surface area (Å²) < 4.78 is 14.1. The number of nitrogens with two attached hydrogens (primary N) is 1. The molecule has 166 valence electrons. The quantitative estimate of drug-likeness (QED) is 0.498. The fourth-order valence-corrected chi connectivity index (χ4v) is 4.20. The predicted octanol–water partition coefficient (Wildman–Crippen LogP) is 3.81. The molecular weight excluding hydrogens is 431 g/mol. The third kappa shape index (κ3) is 5.12. The Kier molecular flexibility index (Phi) is 7.55. The molecule has 0 saturated carbocycles. The van der Waals surface area contributed by atoms with E-state index in [4.69, 9.17) is 5.73 Å². The average Bonchev–Trinajstić information content (AvgIpc) is 2.78. The van der Waals surface area contributed by atoms with E-state index in [1.807, 2.05) is 0 Å². The zero-order valence-electron chi connectivity index (χ0n) is 17.7. The van der Waals surface area contributed by atoms with Gasteiger partial charge in [0, 0.05) is 46.3 Å². The number of allylic oxidation sites excluding steroid dienone is 1. The van der Waals surface area contributed by atoms with Crippen molar-refractivity contribution in [3.05, 3.63) is 76.0 Å². The number of aliphatic hydroxyl groups excluding tert-OH is 1. The van der Waals surface area contributed by atoms with E-state index in [9.17, 15) is 19.1 Å². The first-order valence-electron chi connectivity index (χ1n) is 9.85. The van der Waals surface area contributed by atoms with Crippen molar-refractivity contribution in [3.63, 3.8) is 0 Å². The van der Waals surface area contributed by atoms with Gasteiger partial charge in [-0.15, -0.1) is 0 Å². The molecule has 0 spiro atoms. The lowest BCUT2D eigenvalue weighted by atomic mass is 10.1. The number of thioether (sulfide) groups is 1. The molecule has 7 nitrogen and oxygen atoms in total. The number of nitrogens with zero attached hydrogens (tertiary/aromatic N) is 3. The molecule has 1 aromatic heterocycles. The molecule has 0 saturated heterocycles. The van der Waals surface area contributed by atoms with Crippen molar-refractivity contribution in [2.24, 2.45) is 0 Å². The average molecular weight is 455 g/mol. The minimum absolute atomic E-state index is 0.116. The van der Waals surface area contributed by atoms with Gasteiger partial charge < -0.3 is 15.7 Å². The molecule has 9 heteroatoms. The van der Waals surface area contributed by atoms with Gasteiger partial charge in [-0.05, 0) is 43.1 Å². The largest absolute Gasteiger partial charge is 0.396 e. The van der Waals surface area contributed by atoms with Crippen LogP contribution in [-0.4, -0.2) is 38.1 Å². The van der Waals surface area contributed by atoms with Crippen molar-refractivity contribution in [1.29, 1.82) is 0 Å². The fourth-order valence-electron chi connectivity index (χ4n) is 3.23. The predicted molar refractivity (Wildman–Crippen MR) is 123 cm³/mol. The van der Waals surface area contributed by atoms with Crippen molar-refractivity contribution < 1.29 is 19.1 Å². The van der Waals surface area contributed by atoms with Crippen LogP contribution in [-0.2, 0) is 11.3 Å². The van der Waals surface area contributed by atoms with Crippen LogP contribution in [0.25, 0.3) is 10.8 Å². The summed E-state index contributed by atoms with van der Waals surface area (Å²) in [6.45, 7) is 3.31. The second-order valence-corrected chi connectivity index (χ2v) is 8.14. The third-order valence-corrected chi connectivity index (χ3v) is 6.12. The lowest BCUT2D eigenvalue weighted by Gasteiger charge is -2.22. The van der Waals surface area contributed by atoms with Crippen LogP contribution in [0.2, 0.25) is 0 Å². The first-order valence-corrected chi connectivity index (χ1v) is 10.7. The van der Waals surface area contributed by atoms with E-state index in [2.05, 4.69) is 9.97 Å². The van der Waals surface area contributed by atoms with E-state index in [0.29, 0.717) is 44.7 Å². The lowest BCUT2D eigenvalue weighted by Crippen LogP contribution is -2.22. The zero-order chi connectivity index (χ0) is 23.3. The van der Waals surface area contributed by atoms with Crippen LogP contribution in [0.4, 0.5) is 10.2 Å². The number of nitrogen functional groups attached to an aromatic ring is 1. The van der Waals surface area contributed by atoms with Gasteiger partial charge in [-0.25, -0.2) is 14.4 Å². The Balaban J connectivity index is 1.92. The molecule has 0 aliphatic rings. The van der Waals surface area contributed by atoms with Crippen LogP contribution in [0.1, 0.15) is 35.1 Å². The number of aromatic nitrogens is 2. The highest BCUT2D eigenvalue weighted by atomic mass is 32.2. The summed E-state index contributed by atoms with van der Waals surface area (Å²) in [7, 11) is 0. The third-order valence-electron chi connectivity index (χ3n) is 4.97. The van der Waals surface area contributed by atoms with Gasteiger partial charge >= 0.3 is 0 Å². The number of hydrogen-bond donors (Lipinski definition) is 2. The minimum atomic E-state index is -0.408. The van der Waals surface area contributed by atoms with E-state index in [0.717, 1.165) is 11.8 Å². The number of carbonyl (C=O) groups is 2. The van der Waals surface area contributed by atoms with Crippen molar-refractivity contribution >= 4 is 39.9 Å². The number of carbonyl (C=O) groups excluding carboxylic acids is 2. The van der Waals surface area contributed by atoms with Gasteiger partial charge in [0.25, 0.3) is 0 Å². The van der Waals surface area contributed by atoms with E-state index in [1.165, 1.54) is 17.0 Å². The number of aliphatic hydroxyl groups is 1. The van der Waals surface area contributed by atoms with E-state index in [1.54, 1.807) is 44.3 Å². The number of hydrogen-bond acceptors (Lipinski definition) is 7. The Morgan fingerprint density at radius 3 is 2.62 bits per heavy atom. The minimum Gasteiger partial charge on any atom is -0.396 e. The highest BCUT2D eigenvalue weighted by Crippen LogP contribution is 2.32. The number of halogens is 1. The van der Waals surface area contributed by atoms with Crippen LogP contribution >= 0.6 is 11.8 Å². The first-order chi connectivity index (χ1) is 15.3. The monoisotopic (exact) mass is 454 g/mol. The van der Waals surface area contributed by atoms with Gasteiger partial charge in [0.1, 0.15) is 17.5 Å². The van der Waals surface area contributed by atoms with Gasteiger partial charge in [0.05, 0.1) is 6.54 Å². The summed E-state index contributed by atoms with van der Waals surface area (Å²) in [6.07, 6.45) is 2.35. The topological polar surface area (TPSA) is 109 Å². The maximum absolute atomic E-state index is 14.1. The molecule has 0 fully saturated rings. The zero-order valence-corrected chi connectivity index (χ0v) is 18.5. The summed E-state index contributed by atoms with van der Waals surface area (Å²) in [6, 6.07) is 9.45. The molecular formula is C23H23FN4O3S. The summed E-state index contributed by atoms with van der Waals surface area (Å²) in [5.74, 6) is 0.377. The van der Waals surface area contributed by atoms with Crippen LogP contribution in [0.3, 0.4) is 0 Å². The highest BCUT2D eigenvalue weighted by Gasteiger charge is 2.19.